The van der Waals surface area contributed by atoms with E-state index in [0.717, 1.165) is 23.5 Å². The molecule has 0 radical (unpaired) electrons. The van der Waals surface area contributed by atoms with Gasteiger partial charge in [-0.1, -0.05) is 37.3 Å². The van der Waals surface area contributed by atoms with Gasteiger partial charge in [-0.2, -0.15) is 10.2 Å². The molecule has 1 unspecified atom stereocenters. The lowest BCUT2D eigenvalue weighted by Crippen LogP contribution is -2.31. The van der Waals surface area contributed by atoms with Crippen LogP contribution in [0.2, 0.25) is 0 Å². The zero-order valence-electron chi connectivity index (χ0n) is 14.7. The first-order chi connectivity index (χ1) is 12.2. The number of aromatic nitrogens is 5. The molecule has 7 heteroatoms. The van der Waals surface area contributed by atoms with Crippen molar-refractivity contribution in [2.75, 3.05) is 0 Å². The number of aryl methyl sites for hydroxylation is 2. The Hall–Kier alpha value is -2.96. The minimum atomic E-state index is -0.201. The Kier molecular flexibility index (Phi) is 4.92. The highest BCUT2D eigenvalue weighted by molar-refractivity contribution is 6.01. The Labute approximate surface area is 146 Å². The molecule has 0 saturated heterocycles. The fourth-order valence-corrected chi connectivity index (χ4v) is 2.88. The van der Waals surface area contributed by atoms with Crippen molar-refractivity contribution >= 4 is 5.91 Å². The fraction of sp³-hybridized carbons (Fsp3) is 0.333. The van der Waals surface area contributed by atoms with Crippen molar-refractivity contribution in [3.63, 3.8) is 0 Å². The van der Waals surface area contributed by atoms with E-state index < -0.39 is 0 Å². The molecule has 0 saturated carbocycles. The fourth-order valence-electron chi connectivity index (χ4n) is 2.88. The van der Waals surface area contributed by atoms with Gasteiger partial charge in [-0.3, -0.25) is 9.89 Å². The summed E-state index contributed by atoms with van der Waals surface area (Å²) in [6.45, 7) is 6.58. The molecule has 3 aromatic rings. The molecule has 25 heavy (non-hydrogen) atoms. The van der Waals surface area contributed by atoms with Crippen molar-refractivity contribution < 1.29 is 4.79 Å². The van der Waals surface area contributed by atoms with Gasteiger partial charge in [0, 0.05) is 17.8 Å². The number of hydrogen-bond acceptors (Lipinski definition) is 4. The number of nitrogens with zero attached hydrogens (tertiary/aromatic N) is 4. The third kappa shape index (κ3) is 3.31. The molecule has 3 rings (SSSR count). The van der Waals surface area contributed by atoms with Gasteiger partial charge in [0.2, 0.25) is 0 Å². The molecule has 2 heterocycles. The van der Waals surface area contributed by atoms with Gasteiger partial charge in [0.05, 0.1) is 11.6 Å². The molecule has 0 aliphatic rings. The van der Waals surface area contributed by atoms with Crippen molar-refractivity contribution in [3.05, 3.63) is 53.7 Å². The van der Waals surface area contributed by atoms with Gasteiger partial charge >= 0.3 is 0 Å². The minimum Gasteiger partial charge on any atom is -0.342 e. The molecule has 1 amide bonds. The number of rotatable bonds is 6. The van der Waals surface area contributed by atoms with Crippen molar-refractivity contribution in [1.82, 2.24) is 30.3 Å². The first-order valence-electron chi connectivity index (χ1n) is 8.44. The smallest absolute Gasteiger partial charge is 0.255 e. The second kappa shape index (κ2) is 7.29. The molecular formula is C18H22N6O. The van der Waals surface area contributed by atoms with Gasteiger partial charge in [-0.05, 0) is 20.3 Å². The first kappa shape index (κ1) is 16.9. The molecule has 0 aliphatic heterocycles. The van der Waals surface area contributed by atoms with E-state index in [-0.39, 0.29) is 11.9 Å². The molecule has 7 nitrogen and oxygen atoms in total. The van der Waals surface area contributed by atoms with E-state index in [1.165, 1.54) is 6.33 Å². The Morgan fingerprint density at radius 2 is 2.04 bits per heavy atom. The van der Waals surface area contributed by atoms with Gasteiger partial charge in [-0.25, -0.2) is 9.67 Å². The maximum absolute atomic E-state index is 13.0. The normalized spacial score (nSPS) is 12.1. The van der Waals surface area contributed by atoms with Crippen molar-refractivity contribution in [2.24, 2.45) is 0 Å². The Morgan fingerprint density at radius 1 is 1.28 bits per heavy atom. The zero-order chi connectivity index (χ0) is 17.8. The standard InChI is InChI=1S/C18H22N6O/c1-4-14(17-19-11-20-24(17)5-2)21-18(25)15-12(3)22-23-16(15)13-9-7-6-8-10-13/h6-11,14H,4-5H2,1-3H3,(H,21,25)(H,22,23). The lowest BCUT2D eigenvalue weighted by molar-refractivity contribution is 0.0933. The van der Waals surface area contributed by atoms with Crippen LogP contribution in [0.4, 0.5) is 0 Å². The number of amides is 1. The van der Waals surface area contributed by atoms with Gasteiger partial charge in [0.15, 0.2) is 0 Å². The Bertz CT molecular complexity index is 852. The van der Waals surface area contributed by atoms with Gasteiger partial charge < -0.3 is 5.32 Å². The van der Waals surface area contributed by atoms with Crippen LogP contribution in [0.25, 0.3) is 11.3 Å². The number of carbonyl (C=O) groups is 1. The summed E-state index contributed by atoms with van der Waals surface area (Å²) in [5.74, 6) is 0.600. The molecule has 0 fully saturated rings. The lowest BCUT2D eigenvalue weighted by Gasteiger charge is -2.17. The van der Waals surface area contributed by atoms with Crippen LogP contribution in [-0.2, 0) is 6.54 Å². The number of benzene rings is 1. The first-order valence-corrected chi connectivity index (χ1v) is 8.44. The maximum atomic E-state index is 13.0. The third-order valence-corrected chi connectivity index (χ3v) is 4.19. The van der Waals surface area contributed by atoms with E-state index in [0.29, 0.717) is 17.8 Å². The molecule has 130 valence electrons. The Morgan fingerprint density at radius 3 is 2.72 bits per heavy atom. The van der Waals surface area contributed by atoms with Crippen molar-refractivity contribution in [2.45, 2.75) is 39.8 Å². The van der Waals surface area contributed by atoms with Crippen molar-refractivity contribution in [3.8, 4) is 11.3 Å². The molecule has 0 aliphatic carbocycles. The van der Waals surface area contributed by atoms with Crippen molar-refractivity contribution in [1.29, 1.82) is 0 Å². The summed E-state index contributed by atoms with van der Waals surface area (Å²) >= 11 is 0. The summed E-state index contributed by atoms with van der Waals surface area (Å²) in [7, 11) is 0. The highest BCUT2D eigenvalue weighted by Crippen LogP contribution is 2.24. The van der Waals surface area contributed by atoms with Crippen LogP contribution >= 0.6 is 0 Å². The summed E-state index contributed by atoms with van der Waals surface area (Å²) in [6.07, 6.45) is 2.24. The summed E-state index contributed by atoms with van der Waals surface area (Å²) in [4.78, 5) is 17.3. The van der Waals surface area contributed by atoms with E-state index in [9.17, 15) is 4.79 Å². The summed E-state index contributed by atoms with van der Waals surface area (Å²) < 4.78 is 1.80. The average Bonchev–Trinajstić information content (AvgIpc) is 3.26. The molecule has 2 N–H and O–H groups in total. The molecule has 1 aromatic carbocycles. The number of nitrogens with one attached hydrogen (secondary N) is 2. The van der Waals surface area contributed by atoms with E-state index >= 15 is 0 Å². The summed E-state index contributed by atoms with van der Waals surface area (Å²) in [5, 5.41) is 14.5. The quantitative estimate of drug-likeness (QED) is 0.723. The van der Waals surface area contributed by atoms with E-state index in [1.807, 2.05) is 51.1 Å². The lowest BCUT2D eigenvalue weighted by atomic mass is 10.0. The second-order valence-electron chi connectivity index (χ2n) is 5.81. The van der Waals surface area contributed by atoms with E-state index in [1.54, 1.807) is 4.68 Å². The van der Waals surface area contributed by atoms with Crippen LogP contribution in [0.3, 0.4) is 0 Å². The van der Waals surface area contributed by atoms with Gasteiger partial charge in [0.25, 0.3) is 5.91 Å². The topological polar surface area (TPSA) is 88.5 Å². The highest BCUT2D eigenvalue weighted by atomic mass is 16.1. The Balaban J connectivity index is 1.90. The highest BCUT2D eigenvalue weighted by Gasteiger charge is 2.24. The predicted octanol–water partition coefficient (Wildman–Crippen LogP) is 2.88. The molecule has 0 bridgehead atoms. The summed E-state index contributed by atoms with van der Waals surface area (Å²) in [5.41, 5.74) is 2.86. The second-order valence-corrected chi connectivity index (χ2v) is 5.81. The molecule has 0 spiro atoms. The van der Waals surface area contributed by atoms with Crippen LogP contribution in [0.15, 0.2) is 36.7 Å². The largest absolute Gasteiger partial charge is 0.342 e. The minimum absolute atomic E-state index is 0.164. The van der Waals surface area contributed by atoms with Crippen LogP contribution < -0.4 is 5.32 Å². The van der Waals surface area contributed by atoms with Crippen LogP contribution in [-0.4, -0.2) is 30.9 Å². The summed E-state index contributed by atoms with van der Waals surface area (Å²) in [6, 6.07) is 9.48. The monoisotopic (exact) mass is 338 g/mol. The number of hydrogen-bond donors (Lipinski definition) is 2. The molecule has 2 aromatic heterocycles. The van der Waals surface area contributed by atoms with Crippen LogP contribution in [0.1, 0.15) is 48.2 Å². The number of carbonyl (C=O) groups excluding carboxylic acids is 1. The zero-order valence-corrected chi connectivity index (χ0v) is 14.7. The van der Waals surface area contributed by atoms with Crippen LogP contribution in [0.5, 0.6) is 0 Å². The molecular weight excluding hydrogens is 316 g/mol. The third-order valence-electron chi connectivity index (χ3n) is 4.19. The molecule has 1 atom stereocenters. The van der Waals surface area contributed by atoms with Gasteiger partial charge in [-0.15, -0.1) is 0 Å². The van der Waals surface area contributed by atoms with E-state index in [2.05, 4.69) is 25.6 Å². The number of aromatic amines is 1. The average molecular weight is 338 g/mol. The van der Waals surface area contributed by atoms with Crippen LogP contribution in [0, 0.1) is 6.92 Å². The number of H-pyrrole nitrogens is 1. The van der Waals surface area contributed by atoms with E-state index in [4.69, 9.17) is 0 Å². The predicted molar refractivity (Wildman–Crippen MR) is 95.0 cm³/mol. The SMILES string of the molecule is CCC(NC(=O)c1c(-c2ccccc2)n[nH]c1C)c1ncnn1CC. The maximum Gasteiger partial charge on any atom is 0.255 e. The van der Waals surface area contributed by atoms with Gasteiger partial charge in [0.1, 0.15) is 17.8 Å².